The summed E-state index contributed by atoms with van der Waals surface area (Å²) in [5, 5.41) is 4.68. The molecule has 0 aromatic heterocycles. The molecule has 0 saturated heterocycles. The zero-order valence-electron chi connectivity index (χ0n) is 12.7. The number of hydrogen-bond donors (Lipinski definition) is 1. The highest BCUT2D eigenvalue weighted by Gasteiger charge is 2.34. The monoisotopic (exact) mass is 283 g/mol. The van der Waals surface area contributed by atoms with Gasteiger partial charge in [-0.05, 0) is 39.2 Å². The lowest BCUT2D eigenvalue weighted by Crippen LogP contribution is -2.39. The van der Waals surface area contributed by atoms with E-state index in [1.54, 1.807) is 0 Å². The number of nitrogens with zero attached hydrogens (tertiary/aromatic N) is 2. The largest absolute Gasteiger partial charge is 0.364 e. The third-order valence-electron chi connectivity index (χ3n) is 4.61. The molecule has 0 bridgehead atoms. The van der Waals surface area contributed by atoms with Gasteiger partial charge in [-0.25, -0.2) is 0 Å². The predicted octanol–water partition coefficient (Wildman–Crippen LogP) is 2.97. The molecule has 1 saturated carbocycles. The Kier molecular flexibility index (Phi) is 5.58. The Bertz CT molecular complexity index is 309. The van der Waals surface area contributed by atoms with Crippen LogP contribution in [-0.4, -0.2) is 48.5 Å². The van der Waals surface area contributed by atoms with Gasteiger partial charge in [-0.3, -0.25) is 4.99 Å². The molecule has 0 amide bonds. The van der Waals surface area contributed by atoms with E-state index in [9.17, 15) is 0 Å². The van der Waals surface area contributed by atoms with E-state index >= 15 is 0 Å². The summed E-state index contributed by atoms with van der Waals surface area (Å²) in [4.78, 5) is 7.16. The first-order chi connectivity index (χ1) is 9.11. The van der Waals surface area contributed by atoms with Gasteiger partial charge in [-0.2, -0.15) is 0 Å². The van der Waals surface area contributed by atoms with Gasteiger partial charge in [0.2, 0.25) is 0 Å². The molecule has 0 unspecified atom stereocenters. The fraction of sp³-hybridized carbons (Fsp3) is 0.933. The van der Waals surface area contributed by atoms with E-state index in [0.717, 1.165) is 19.6 Å². The van der Waals surface area contributed by atoms with Crippen molar-refractivity contribution in [2.24, 2.45) is 10.4 Å². The van der Waals surface area contributed by atoms with Gasteiger partial charge in [0.1, 0.15) is 0 Å². The molecule has 2 rings (SSSR count). The minimum absolute atomic E-state index is 0.544. The topological polar surface area (TPSA) is 27.6 Å². The lowest BCUT2D eigenvalue weighted by molar-refractivity contribution is 0.232. The van der Waals surface area contributed by atoms with Crippen molar-refractivity contribution >= 4 is 16.9 Å². The summed E-state index contributed by atoms with van der Waals surface area (Å²) in [5.74, 6) is 1.28. The average Bonchev–Trinajstić information content (AvgIpc) is 2.42. The van der Waals surface area contributed by atoms with E-state index < -0.39 is 0 Å². The third kappa shape index (κ3) is 4.38. The summed E-state index contributed by atoms with van der Waals surface area (Å²) in [6.07, 6.45) is 7.05. The van der Waals surface area contributed by atoms with Crippen molar-refractivity contribution in [2.75, 3.05) is 32.4 Å². The first-order valence-electron chi connectivity index (χ1n) is 7.73. The molecule has 0 aromatic carbocycles. The molecule has 0 atom stereocenters. The third-order valence-corrected chi connectivity index (χ3v) is 5.91. The molecule has 2 aliphatic rings. The van der Waals surface area contributed by atoms with Gasteiger partial charge in [-0.1, -0.05) is 31.0 Å². The minimum atomic E-state index is 0.544. The van der Waals surface area contributed by atoms with Crippen molar-refractivity contribution < 1.29 is 0 Å². The second-order valence-electron chi connectivity index (χ2n) is 6.47. The number of likely N-dealkylation sites (N-methyl/N-ethyl adjacent to an activating group) is 1. The summed E-state index contributed by atoms with van der Waals surface area (Å²) >= 11 is 1.95. The number of amidine groups is 1. The Labute approximate surface area is 122 Å². The number of thioether (sulfide) groups is 1. The maximum atomic E-state index is 4.80. The van der Waals surface area contributed by atoms with Crippen LogP contribution in [0.15, 0.2) is 4.99 Å². The second kappa shape index (κ2) is 6.98. The van der Waals surface area contributed by atoms with E-state index in [-0.39, 0.29) is 0 Å². The van der Waals surface area contributed by atoms with Crippen LogP contribution in [0.25, 0.3) is 0 Å². The summed E-state index contributed by atoms with van der Waals surface area (Å²) in [7, 11) is 2.18. The van der Waals surface area contributed by atoms with Gasteiger partial charge in [-0.15, -0.1) is 0 Å². The maximum Gasteiger partial charge on any atom is 0.156 e. The summed E-state index contributed by atoms with van der Waals surface area (Å²) < 4.78 is 0. The Balaban J connectivity index is 1.72. The first kappa shape index (κ1) is 15.2. The van der Waals surface area contributed by atoms with Gasteiger partial charge >= 0.3 is 0 Å². The van der Waals surface area contributed by atoms with Crippen LogP contribution in [0.4, 0.5) is 0 Å². The Hall–Kier alpha value is -0.220. The Morgan fingerprint density at radius 3 is 2.63 bits per heavy atom. The van der Waals surface area contributed by atoms with E-state index in [2.05, 4.69) is 31.1 Å². The first-order valence-corrected chi connectivity index (χ1v) is 8.71. The Morgan fingerprint density at radius 1 is 1.32 bits per heavy atom. The molecule has 3 nitrogen and oxygen atoms in total. The van der Waals surface area contributed by atoms with E-state index in [0.29, 0.717) is 11.5 Å². The average molecular weight is 283 g/mol. The van der Waals surface area contributed by atoms with Crippen LogP contribution in [0.5, 0.6) is 0 Å². The predicted molar refractivity (Wildman–Crippen MR) is 86.0 cm³/mol. The van der Waals surface area contributed by atoms with Crippen molar-refractivity contribution in [1.82, 2.24) is 10.2 Å². The number of aliphatic imine (C=N–C) groups is 1. The van der Waals surface area contributed by atoms with Crippen LogP contribution in [0.3, 0.4) is 0 Å². The van der Waals surface area contributed by atoms with Crippen LogP contribution in [-0.2, 0) is 0 Å². The van der Waals surface area contributed by atoms with Crippen molar-refractivity contribution in [3.05, 3.63) is 0 Å². The fourth-order valence-corrected chi connectivity index (χ4v) is 4.04. The van der Waals surface area contributed by atoms with E-state index in [1.807, 2.05) is 11.8 Å². The van der Waals surface area contributed by atoms with Crippen molar-refractivity contribution in [2.45, 2.75) is 52.0 Å². The van der Waals surface area contributed by atoms with Crippen molar-refractivity contribution in [3.8, 4) is 0 Å². The number of hydrogen-bond acceptors (Lipinski definition) is 4. The van der Waals surface area contributed by atoms with Crippen LogP contribution in [0.1, 0.15) is 46.0 Å². The zero-order valence-corrected chi connectivity index (χ0v) is 13.6. The number of nitrogens with one attached hydrogen (secondary N) is 1. The fourth-order valence-electron chi connectivity index (χ4n) is 2.86. The summed E-state index contributed by atoms with van der Waals surface area (Å²) in [5.41, 5.74) is 0.544. The molecule has 110 valence electrons. The second-order valence-corrected chi connectivity index (χ2v) is 7.44. The molecule has 1 fully saturated rings. The molecule has 0 radical (unpaired) electrons. The normalized spacial score (nSPS) is 22.9. The molecule has 19 heavy (non-hydrogen) atoms. The molecule has 1 aliphatic carbocycles. The Morgan fingerprint density at radius 2 is 2.05 bits per heavy atom. The summed E-state index contributed by atoms with van der Waals surface area (Å²) in [6, 6.07) is 0.619. The lowest BCUT2D eigenvalue weighted by Gasteiger charge is -2.38. The van der Waals surface area contributed by atoms with Crippen molar-refractivity contribution in [3.63, 3.8) is 0 Å². The minimum Gasteiger partial charge on any atom is -0.364 e. The van der Waals surface area contributed by atoms with Gasteiger partial charge in [0.25, 0.3) is 0 Å². The van der Waals surface area contributed by atoms with Gasteiger partial charge in [0.05, 0.1) is 0 Å². The molecule has 0 aromatic rings. The number of rotatable bonds is 4. The summed E-state index contributed by atoms with van der Waals surface area (Å²) in [6.45, 7) is 7.62. The highest BCUT2D eigenvalue weighted by molar-refractivity contribution is 8.13. The van der Waals surface area contributed by atoms with Crippen molar-refractivity contribution in [1.29, 1.82) is 0 Å². The van der Waals surface area contributed by atoms with Crippen LogP contribution < -0.4 is 5.32 Å². The highest BCUT2D eigenvalue weighted by atomic mass is 32.2. The van der Waals surface area contributed by atoms with Gasteiger partial charge in [0.15, 0.2) is 5.17 Å². The lowest BCUT2D eigenvalue weighted by atomic mass is 9.75. The maximum absolute atomic E-state index is 4.80. The quantitative estimate of drug-likeness (QED) is 0.859. The molecule has 1 heterocycles. The molecule has 1 spiro atoms. The van der Waals surface area contributed by atoms with Crippen LogP contribution in [0, 0.1) is 5.41 Å². The smallest absolute Gasteiger partial charge is 0.156 e. The van der Waals surface area contributed by atoms with E-state index in [4.69, 9.17) is 4.99 Å². The van der Waals surface area contributed by atoms with Gasteiger partial charge in [0, 0.05) is 31.4 Å². The molecule has 1 N–H and O–H groups in total. The SMILES string of the molecule is CC(C)N(C)CCNC1=NCC2(CCCCC2)CS1. The zero-order chi connectivity index (χ0) is 13.7. The molecule has 4 heteroatoms. The molecular weight excluding hydrogens is 254 g/mol. The molecule has 1 aliphatic heterocycles. The van der Waals surface area contributed by atoms with Crippen LogP contribution >= 0.6 is 11.8 Å². The van der Waals surface area contributed by atoms with E-state index in [1.165, 1.54) is 43.0 Å². The van der Waals surface area contributed by atoms with Crippen LogP contribution in [0.2, 0.25) is 0 Å². The van der Waals surface area contributed by atoms with Gasteiger partial charge < -0.3 is 10.2 Å². The standard InChI is InChI=1S/C15H29N3S/c1-13(2)18(3)10-9-16-14-17-11-15(12-19-14)7-5-4-6-8-15/h13H,4-12H2,1-3H3,(H,16,17). The molecular formula is C15H29N3S. The highest BCUT2D eigenvalue weighted by Crippen LogP contribution is 2.41.